The molecule has 2 aromatic rings. The number of methoxy groups -OCH3 is 1. The second-order valence-electron chi connectivity index (χ2n) is 10.9. The van der Waals surface area contributed by atoms with Crippen LogP contribution < -0.4 is 15.0 Å². The van der Waals surface area contributed by atoms with Crippen molar-refractivity contribution in [1.29, 1.82) is 0 Å². The molecule has 2 aliphatic rings. The van der Waals surface area contributed by atoms with Gasteiger partial charge < -0.3 is 25.0 Å². The molecule has 10 heteroatoms. The van der Waals surface area contributed by atoms with Gasteiger partial charge in [-0.15, -0.1) is 0 Å². The molecule has 1 unspecified atom stereocenters. The minimum absolute atomic E-state index is 0.0983. The van der Waals surface area contributed by atoms with E-state index >= 15 is 0 Å². The topological polar surface area (TPSA) is 82.1 Å². The molecule has 0 spiro atoms. The molecule has 2 aliphatic heterocycles. The van der Waals surface area contributed by atoms with Crippen molar-refractivity contribution in [2.75, 3.05) is 45.2 Å². The molecule has 4 rings (SSSR count). The van der Waals surface area contributed by atoms with E-state index in [-0.39, 0.29) is 24.7 Å². The number of amides is 2. The Kier molecular flexibility index (Phi) is 8.97. The van der Waals surface area contributed by atoms with Crippen molar-refractivity contribution in [1.82, 2.24) is 10.2 Å². The van der Waals surface area contributed by atoms with Crippen LogP contribution in [0.2, 0.25) is 0 Å². The zero-order chi connectivity index (χ0) is 29.1. The number of anilines is 1. The highest BCUT2D eigenvalue weighted by molar-refractivity contribution is 5.95. The Morgan fingerprint density at radius 1 is 1.00 bits per heavy atom. The Morgan fingerprint density at radius 2 is 1.62 bits per heavy atom. The molecule has 2 N–H and O–H groups in total. The lowest BCUT2D eigenvalue weighted by Crippen LogP contribution is -2.57. The lowest BCUT2D eigenvalue weighted by molar-refractivity contribution is -0.262. The summed E-state index contributed by atoms with van der Waals surface area (Å²) in [6.45, 7) is 4.10. The SMILES string of the molecule is CNC(=O)c1ccc(N2CCC(CC3CCN(C(=O)C(O)(c4cccc(OC)c4)C(F)(F)F)CC3)CC2)cc1C. The number of aryl methyl sites for hydroxylation is 1. The largest absolute Gasteiger partial charge is 0.497 e. The predicted octanol–water partition coefficient (Wildman–Crippen LogP) is 4.66. The summed E-state index contributed by atoms with van der Waals surface area (Å²) in [5.41, 5.74) is -1.47. The fourth-order valence-corrected chi connectivity index (χ4v) is 5.99. The van der Waals surface area contributed by atoms with Crippen LogP contribution in [0, 0.1) is 18.8 Å². The van der Waals surface area contributed by atoms with Gasteiger partial charge in [0.1, 0.15) is 5.75 Å². The van der Waals surface area contributed by atoms with E-state index in [1.807, 2.05) is 25.1 Å². The van der Waals surface area contributed by atoms with Gasteiger partial charge in [-0.3, -0.25) is 9.59 Å². The number of benzene rings is 2. The highest BCUT2D eigenvalue weighted by Crippen LogP contribution is 2.42. The molecule has 2 aromatic carbocycles. The third-order valence-electron chi connectivity index (χ3n) is 8.44. The fourth-order valence-electron chi connectivity index (χ4n) is 5.99. The van der Waals surface area contributed by atoms with E-state index in [1.54, 1.807) is 7.05 Å². The Hall–Kier alpha value is -3.27. The first-order valence-electron chi connectivity index (χ1n) is 13.8. The van der Waals surface area contributed by atoms with Crippen molar-refractivity contribution in [2.45, 2.75) is 50.8 Å². The number of rotatable bonds is 7. The van der Waals surface area contributed by atoms with E-state index in [9.17, 15) is 27.9 Å². The van der Waals surface area contributed by atoms with Crippen molar-refractivity contribution < 1.29 is 32.6 Å². The van der Waals surface area contributed by atoms with E-state index in [1.165, 1.54) is 19.2 Å². The first kappa shape index (κ1) is 29.7. The van der Waals surface area contributed by atoms with Gasteiger partial charge in [-0.25, -0.2) is 0 Å². The van der Waals surface area contributed by atoms with Crippen LogP contribution in [0.5, 0.6) is 5.75 Å². The Morgan fingerprint density at radius 3 is 2.17 bits per heavy atom. The zero-order valence-corrected chi connectivity index (χ0v) is 23.3. The first-order valence-corrected chi connectivity index (χ1v) is 13.8. The highest BCUT2D eigenvalue weighted by Gasteiger charge is 2.62. The van der Waals surface area contributed by atoms with Gasteiger partial charge in [0.05, 0.1) is 7.11 Å². The fraction of sp³-hybridized carbons (Fsp3) is 0.533. The molecule has 0 aliphatic carbocycles. The second-order valence-corrected chi connectivity index (χ2v) is 10.9. The van der Waals surface area contributed by atoms with Crippen molar-refractivity contribution >= 4 is 17.5 Å². The van der Waals surface area contributed by atoms with Crippen LogP contribution >= 0.6 is 0 Å². The molecule has 0 aromatic heterocycles. The van der Waals surface area contributed by atoms with Gasteiger partial charge in [-0.05, 0) is 86.8 Å². The number of likely N-dealkylation sites (tertiary alicyclic amines) is 1. The van der Waals surface area contributed by atoms with Crippen molar-refractivity contribution in [3.05, 3.63) is 59.2 Å². The molecule has 40 heavy (non-hydrogen) atoms. The Bertz CT molecular complexity index is 1200. The number of hydrogen-bond acceptors (Lipinski definition) is 5. The average Bonchev–Trinajstić information content (AvgIpc) is 2.96. The van der Waals surface area contributed by atoms with E-state index < -0.39 is 23.2 Å². The summed E-state index contributed by atoms with van der Waals surface area (Å²) >= 11 is 0. The summed E-state index contributed by atoms with van der Waals surface area (Å²) in [6, 6.07) is 10.8. The lowest BCUT2D eigenvalue weighted by atomic mass is 9.82. The second kappa shape index (κ2) is 12.1. The molecule has 218 valence electrons. The van der Waals surface area contributed by atoms with Gasteiger partial charge in [0, 0.05) is 50.0 Å². The van der Waals surface area contributed by atoms with E-state index in [0.29, 0.717) is 30.2 Å². The van der Waals surface area contributed by atoms with Crippen LogP contribution in [-0.2, 0) is 10.4 Å². The summed E-state index contributed by atoms with van der Waals surface area (Å²) in [5.74, 6) is -0.463. The smallest absolute Gasteiger partial charge is 0.430 e. The molecule has 0 radical (unpaired) electrons. The molecule has 2 amide bonds. The summed E-state index contributed by atoms with van der Waals surface area (Å²) in [5, 5.41) is 13.4. The molecule has 1 atom stereocenters. The summed E-state index contributed by atoms with van der Waals surface area (Å²) < 4.78 is 47.3. The number of hydrogen-bond donors (Lipinski definition) is 2. The van der Waals surface area contributed by atoms with Crippen molar-refractivity contribution in [2.24, 2.45) is 11.8 Å². The van der Waals surface area contributed by atoms with Crippen LogP contribution in [0.15, 0.2) is 42.5 Å². The molecule has 0 bridgehead atoms. The number of halogens is 3. The minimum Gasteiger partial charge on any atom is -0.497 e. The maximum absolute atomic E-state index is 14.1. The number of alkyl halides is 3. The normalized spacial score (nSPS) is 18.8. The predicted molar refractivity (Wildman–Crippen MR) is 146 cm³/mol. The van der Waals surface area contributed by atoms with Gasteiger partial charge in [0.2, 0.25) is 0 Å². The molecule has 2 saturated heterocycles. The van der Waals surface area contributed by atoms with Gasteiger partial charge >= 0.3 is 6.18 Å². The van der Waals surface area contributed by atoms with E-state index in [2.05, 4.69) is 10.2 Å². The van der Waals surface area contributed by atoms with Crippen molar-refractivity contribution in [3.63, 3.8) is 0 Å². The van der Waals surface area contributed by atoms with Crippen LogP contribution in [-0.4, -0.2) is 68.3 Å². The summed E-state index contributed by atoms with van der Waals surface area (Å²) in [4.78, 5) is 28.6. The maximum atomic E-state index is 14.1. The number of nitrogens with one attached hydrogen (secondary N) is 1. The average molecular weight is 562 g/mol. The Balaban J connectivity index is 1.31. The third kappa shape index (κ3) is 6.06. The zero-order valence-electron chi connectivity index (χ0n) is 23.3. The number of nitrogens with zero attached hydrogens (tertiary/aromatic N) is 2. The Labute approximate surface area is 233 Å². The number of piperidine rings is 2. The van der Waals surface area contributed by atoms with Crippen LogP contribution in [0.1, 0.15) is 53.6 Å². The molecule has 7 nitrogen and oxygen atoms in total. The van der Waals surface area contributed by atoms with Gasteiger partial charge in [-0.2, -0.15) is 13.2 Å². The van der Waals surface area contributed by atoms with Crippen LogP contribution in [0.3, 0.4) is 0 Å². The molecular formula is C30H38F3N3O4. The quantitative estimate of drug-likeness (QED) is 0.514. The summed E-state index contributed by atoms with van der Waals surface area (Å²) in [6.07, 6.45) is -0.957. The van der Waals surface area contributed by atoms with Gasteiger partial charge in [-0.1, -0.05) is 12.1 Å². The standard InChI is InChI=1S/C30H38F3N3O4/c1-20-17-24(7-8-26(20)27(37)34-2)35-13-9-21(10-14-35)18-22-11-15-36(16-12-22)28(38)29(39,30(31,32)33)23-5-4-6-25(19-23)40-3/h4-8,17,19,21-22,39H,9-16,18H2,1-3H3,(H,34,37). The lowest BCUT2D eigenvalue weighted by Gasteiger charge is -2.40. The van der Waals surface area contributed by atoms with E-state index in [0.717, 1.165) is 60.6 Å². The van der Waals surface area contributed by atoms with Crippen LogP contribution in [0.25, 0.3) is 0 Å². The molecule has 2 fully saturated rings. The molecule has 2 heterocycles. The van der Waals surface area contributed by atoms with Crippen molar-refractivity contribution in [3.8, 4) is 5.75 Å². The summed E-state index contributed by atoms with van der Waals surface area (Å²) in [7, 11) is 2.93. The number of ether oxygens (including phenoxy) is 1. The van der Waals surface area contributed by atoms with Crippen LogP contribution in [0.4, 0.5) is 18.9 Å². The third-order valence-corrected chi connectivity index (χ3v) is 8.44. The number of aliphatic hydroxyl groups is 1. The number of carbonyl (C=O) groups excluding carboxylic acids is 2. The van der Waals surface area contributed by atoms with Gasteiger partial charge in [0.15, 0.2) is 0 Å². The maximum Gasteiger partial charge on any atom is 0.430 e. The monoisotopic (exact) mass is 561 g/mol. The van der Waals surface area contributed by atoms with E-state index in [4.69, 9.17) is 4.74 Å². The molecular weight excluding hydrogens is 523 g/mol. The highest BCUT2D eigenvalue weighted by atomic mass is 19.4. The first-order chi connectivity index (χ1) is 19.0. The molecule has 0 saturated carbocycles. The van der Waals surface area contributed by atoms with Gasteiger partial charge in [0.25, 0.3) is 17.4 Å². The number of carbonyl (C=O) groups is 2. The minimum atomic E-state index is -5.18.